The summed E-state index contributed by atoms with van der Waals surface area (Å²) in [4.78, 5) is 50.5. The first-order valence-corrected chi connectivity index (χ1v) is 10.5. The van der Waals surface area contributed by atoms with Crippen LogP contribution in [0, 0.1) is 0 Å². The number of rotatable bonds is 4. The standard InChI is InChI=1S/C19H16N2O6S2/c1-21-15-9-5-3-2-4-8(9)14-16(28-10(6-12(22)23)18(26)20-14)17(15)29-11(19(21)27)7-13(24)25/h2-5,10-11H,6-7H2,1H3,(H,20,26)(H,22,23)(H,24,25). The van der Waals surface area contributed by atoms with E-state index in [1.165, 1.54) is 4.90 Å². The largest absolute Gasteiger partial charge is 0.481 e. The molecule has 4 rings (SSSR count). The van der Waals surface area contributed by atoms with Crippen LogP contribution in [0.4, 0.5) is 11.4 Å². The van der Waals surface area contributed by atoms with E-state index < -0.39 is 22.4 Å². The molecule has 2 amide bonds. The van der Waals surface area contributed by atoms with Gasteiger partial charge in [-0.25, -0.2) is 0 Å². The maximum atomic E-state index is 12.8. The van der Waals surface area contributed by atoms with Crippen molar-refractivity contribution >= 4 is 69.4 Å². The molecule has 8 nitrogen and oxygen atoms in total. The fourth-order valence-corrected chi connectivity index (χ4v) is 6.34. The Morgan fingerprint density at radius 3 is 2.24 bits per heavy atom. The van der Waals surface area contributed by atoms with Gasteiger partial charge in [0.05, 0.1) is 34.7 Å². The first-order chi connectivity index (χ1) is 13.8. The molecule has 2 aromatic carbocycles. The summed E-state index contributed by atoms with van der Waals surface area (Å²) in [6.07, 6.45) is -0.667. The van der Waals surface area contributed by atoms with Gasteiger partial charge in [-0.2, -0.15) is 0 Å². The van der Waals surface area contributed by atoms with Gasteiger partial charge in [-0.15, -0.1) is 23.5 Å². The molecular formula is C19H16N2O6S2. The van der Waals surface area contributed by atoms with Crippen LogP contribution in [0.25, 0.3) is 10.8 Å². The number of carboxylic acids is 2. The van der Waals surface area contributed by atoms with Gasteiger partial charge in [0.25, 0.3) is 0 Å². The number of hydrogen-bond acceptors (Lipinski definition) is 6. The van der Waals surface area contributed by atoms with Gasteiger partial charge in [0, 0.05) is 27.6 Å². The lowest BCUT2D eigenvalue weighted by Gasteiger charge is -2.36. The van der Waals surface area contributed by atoms with Crippen molar-refractivity contribution in [1.29, 1.82) is 0 Å². The van der Waals surface area contributed by atoms with Crippen molar-refractivity contribution in [2.45, 2.75) is 33.1 Å². The molecule has 0 spiro atoms. The number of thioether (sulfide) groups is 2. The van der Waals surface area contributed by atoms with Crippen LogP contribution >= 0.6 is 23.5 Å². The third-order valence-electron chi connectivity index (χ3n) is 4.82. The number of nitrogens with one attached hydrogen (secondary N) is 1. The molecule has 2 aromatic rings. The zero-order valence-corrected chi connectivity index (χ0v) is 16.8. The molecule has 0 saturated heterocycles. The fraction of sp³-hybridized carbons (Fsp3) is 0.263. The average molecular weight is 432 g/mol. The monoisotopic (exact) mass is 432 g/mol. The maximum Gasteiger partial charge on any atom is 0.305 e. The normalized spacial score (nSPS) is 20.8. The van der Waals surface area contributed by atoms with Crippen LogP contribution in [0.5, 0.6) is 0 Å². The van der Waals surface area contributed by atoms with E-state index in [0.29, 0.717) is 21.2 Å². The van der Waals surface area contributed by atoms with E-state index in [4.69, 9.17) is 5.11 Å². The second-order valence-electron chi connectivity index (χ2n) is 6.72. The van der Waals surface area contributed by atoms with Crippen LogP contribution in [0.15, 0.2) is 34.1 Å². The van der Waals surface area contributed by atoms with Gasteiger partial charge in [-0.1, -0.05) is 24.3 Å². The van der Waals surface area contributed by atoms with Crippen LogP contribution in [-0.4, -0.2) is 51.5 Å². The lowest BCUT2D eigenvalue weighted by molar-refractivity contribution is -0.138. The first kappa shape index (κ1) is 19.6. The highest BCUT2D eigenvalue weighted by molar-refractivity contribution is 8.04. The highest BCUT2D eigenvalue weighted by Crippen LogP contribution is 2.55. The molecule has 0 bridgehead atoms. The Hall–Kier alpha value is -2.72. The van der Waals surface area contributed by atoms with E-state index >= 15 is 0 Å². The van der Waals surface area contributed by atoms with Crippen molar-refractivity contribution in [2.24, 2.45) is 0 Å². The molecule has 0 saturated carbocycles. The summed E-state index contributed by atoms with van der Waals surface area (Å²) >= 11 is 2.31. The molecule has 2 unspecified atom stereocenters. The lowest BCUT2D eigenvalue weighted by Crippen LogP contribution is -2.40. The number of anilines is 2. The Kier molecular flexibility index (Phi) is 4.91. The van der Waals surface area contributed by atoms with E-state index in [1.807, 2.05) is 24.3 Å². The molecule has 10 heteroatoms. The van der Waals surface area contributed by atoms with Gasteiger partial charge in [0.15, 0.2) is 0 Å². The summed E-state index contributed by atoms with van der Waals surface area (Å²) in [6.45, 7) is 0. The smallest absolute Gasteiger partial charge is 0.305 e. The van der Waals surface area contributed by atoms with Gasteiger partial charge in [0.1, 0.15) is 0 Å². The minimum absolute atomic E-state index is 0.304. The fourth-order valence-electron chi connectivity index (χ4n) is 3.55. The van der Waals surface area contributed by atoms with Crippen LogP contribution in [0.3, 0.4) is 0 Å². The number of carboxylic acid groups (broad SMARTS) is 2. The molecule has 0 aromatic heterocycles. The highest BCUT2D eigenvalue weighted by atomic mass is 32.2. The predicted octanol–water partition coefficient (Wildman–Crippen LogP) is 2.64. The number of nitrogens with zero attached hydrogens (tertiary/aromatic N) is 1. The second kappa shape index (κ2) is 7.27. The minimum Gasteiger partial charge on any atom is -0.481 e. The van der Waals surface area contributed by atoms with Gasteiger partial charge >= 0.3 is 11.9 Å². The van der Waals surface area contributed by atoms with E-state index in [-0.39, 0.29) is 24.7 Å². The van der Waals surface area contributed by atoms with E-state index in [9.17, 15) is 24.3 Å². The number of benzene rings is 2. The van der Waals surface area contributed by atoms with Crippen LogP contribution in [0.1, 0.15) is 12.8 Å². The summed E-state index contributed by atoms with van der Waals surface area (Å²) < 4.78 is 0. The Bertz CT molecular complexity index is 1090. The molecule has 2 atom stereocenters. The average Bonchev–Trinajstić information content (AvgIpc) is 2.66. The highest BCUT2D eigenvalue weighted by Gasteiger charge is 2.40. The molecular weight excluding hydrogens is 416 g/mol. The number of carbonyl (C=O) groups is 4. The number of fused-ring (bicyclic) bond motifs is 6. The van der Waals surface area contributed by atoms with Gasteiger partial charge in [0.2, 0.25) is 11.8 Å². The molecule has 2 aliphatic rings. The van der Waals surface area contributed by atoms with E-state index in [0.717, 1.165) is 34.3 Å². The zero-order chi connectivity index (χ0) is 20.9. The van der Waals surface area contributed by atoms with Crippen molar-refractivity contribution in [3.05, 3.63) is 24.3 Å². The van der Waals surface area contributed by atoms with Crippen LogP contribution in [0.2, 0.25) is 0 Å². The minimum atomic E-state index is -1.08. The lowest BCUT2D eigenvalue weighted by atomic mass is 10.0. The summed E-state index contributed by atoms with van der Waals surface area (Å²) in [6, 6.07) is 7.32. The summed E-state index contributed by atoms with van der Waals surface area (Å²) in [5.74, 6) is -2.85. The third kappa shape index (κ3) is 3.32. The van der Waals surface area contributed by atoms with Crippen LogP contribution < -0.4 is 10.2 Å². The Balaban J connectivity index is 1.94. The van der Waals surface area contributed by atoms with Crippen molar-refractivity contribution < 1.29 is 29.4 Å². The third-order valence-corrected chi connectivity index (χ3v) is 7.55. The van der Waals surface area contributed by atoms with Gasteiger partial charge in [-0.05, 0) is 0 Å². The van der Waals surface area contributed by atoms with Gasteiger partial charge in [-0.3, -0.25) is 19.2 Å². The van der Waals surface area contributed by atoms with Crippen molar-refractivity contribution in [1.82, 2.24) is 0 Å². The van der Waals surface area contributed by atoms with Crippen LogP contribution in [-0.2, 0) is 19.2 Å². The molecule has 150 valence electrons. The van der Waals surface area contributed by atoms with Crippen molar-refractivity contribution in [2.75, 3.05) is 17.3 Å². The predicted molar refractivity (Wildman–Crippen MR) is 110 cm³/mol. The molecule has 0 fully saturated rings. The first-order valence-electron chi connectivity index (χ1n) is 8.72. The molecule has 2 heterocycles. The summed E-state index contributed by atoms with van der Waals surface area (Å²) in [5.41, 5.74) is 1.22. The van der Waals surface area contributed by atoms with Gasteiger partial charge < -0.3 is 20.4 Å². The summed E-state index contributed by atoms with van der Waals surface area (Å²) in [5, 5.41) is 21.1. The molecule has 2 aliphatic heterocycles. The number of carbonyl (C=O) groups excluding carboxylic acids is 2. The summed E-state index contributed by atoms with van der Waals surface area (Å²) in [7, 11) is 1.61. The molecule has 0 aliphatic carbocycles. The van der Waals surface area contributed by atoms with E-state index in [1.54, 1.807) is 7.05 Å². The quantitative estimate of drug-likeness (QED) is 0.674. The van der Waals surface area contributed by atoms with E-state index in [2.05, 4.69) is 5.32 Å². The number of amides is 2. The molecule has 3 N–H and O–H groups in total. The Morgan fingerprint density at radius 2 is 1.59 bits per heavy atom. The maximum absolute atomic E-state index is 12.8. The van der Waals surface area contributed by atoms with Crippen molar-refractivity contribution in [3.63, 3.8) is 0 Å². The zero-order valence-electron chi connectivity index (χ0n) is 15.2. The number of hydrogen-bond donors (Lipinski definition) is 3. The number of aliphatic carboxylic acids is 2. The topological polar surface area (TPSA) is 124 Å². The molecule has 0 radical (unpaired) electrons. The Morgan fingerprint density at radius 1 is 1.00 bits per heavy atom. The molecule has 29 heavy (non-hydrogen) atoms. The second-order valence-corrected chi connectivity index (χ2v) is 9.15. The van der Waals surface area contributed by atoms with Crippen molar-refractivity contribution in [3.8, 4) is 0 Å². The SMILES string of the molecule is CN1C(=O)C(CC(=O)O)Sc2c3c(c4ccccc4c21)NC(=O)C(CC(=O)O)S3. The Labute approximate surface area is 173 Å².